The van der Waals surface area contributed by atoms with Gasteiger partial charge in [-0.05, 0) is 36.6 Å². The van der Waals surface area contributed by atoms with Crippen LogP contribution >= 0.6 is 11.6 Å². The van der Waals surface area contributed by atoms with E-state index >= 15 is 0 Å². The molecule has 2 N–H and O–H groups in total. The van der Waals surface area contributed by atoms with Crippen LogP contribution in [0.5, 0.6) is 0 Å². The largest absolute Gasteiger partial charge is 0.390 e. The van der Waals surface area contributed by atoms with E-state index in [1.807, 2.05) is 23.6 Å². The van der Waals surface area contributed by atoms with Crippen molar-refractivity contribution < 1.29 is 40.0 Å². The molecule has 2 amide bonds. The number of nitrogens with zero attached hydrogens (tertiary/aromatic N) is 2. The average molecular weight is 653 g/mol. The van der Waals surface area contributed by atoms with Gasteiger partial charge in [-0.1, -0.05) is 31.5 Å². The zero-order valence-electron chi connectivity index (χ0n) is 23.9. The first-order valence-corrected chi connectivity index (χ1v) is 15.9. The van der Waals surface area contributed by atoms with Crippen LogP contribution in [0.25, 0.3) is 0 Å². The second kappa shape index (κ2) is 14.2. The van der Waals surface area contributed by atoms with Crippen LogP contribution in [0.1, 0.15) is 42.6 Å². The maximum absolute atomic E-state index is 14.9. The fourth-order valence-electron chi connectivity index (χ4n) is 4.89. The molecule has 0 unspecified atom stereocenters. The third-order valence-electron chi connectivity index (χ3n) is 6.86. The molecule has 0 aromatic heterocycles. The van der Waals surface area contributed by atoms with Gasteiger partial charge in [-0.15, -0.1) is 0 Å². The van der Waals surface area contributed by atoms with E-state index in [0.717, 1.165) is 18.4 Å². The molecule has 0 aliphatic carbocycles. The SMILES string of the molecule is CC(C)C[C@H]1CN(c2cc(Cl)ccc2NC(=O)c2ccc(CNC(=O)CS(C)(=O)=O)c(F)c2F)CCN1CCC(F)(F)F. The Hall–Kier alpha value is -2.97. The summed E-state index contributed by atoms with van der Waals surface area (Å²) in [5.74, 6) is -5.30. The number of sulfone groups is 1. The van der Waals surface area contributed by atoms with Gasteiger partial charge in [0.25, 0.3) is 5.91 Å². The van der Waals surface area contributed by atoms with Crippen LogP contribution in [0.3, 0.4) is 0 Å². The minimum Gasteiger partial charge on any atom is -0.367 e. The first kappa shape index (κ1) is 34.5. The van der Waals surface area contributed by atoms with Crippen molar-refractivity contribution in [3.8, 4) is 0 Å². The van der Waals surface area contributed by atoms with Gasteiger partial charge in [0.15, 0.2) is 21.5 Å². The van der Waals surface area contributed by atoms with Gasteiger partial charge in [0.05, 0.1) is 23.4 Å². The van der Waals surface area contributed by atoms with E-state index in [9.17, 15) is 40.0 Å². The molecule has 2 aromatic carbocycles. The summed E-state index contributed by atoms with van der Waals surface area (Å²) >= 11 is 6.24. The molecule has 0 radical (unpaired) electrons. The van der Waals surface area contributed by atoms with Gasteiger partial charge in [0, 0.05) is 55.6 Å². The molecular weight excluding hydrogens is 619 g/mol. The van der Waals surface area contributed by atoms with Gasteiger partial charge < -0.3 is 15.5 Å². The summed E-state index contributed by atoms with van der Waals surface area (Å²) in [5, 5.41) is 5.11. The van der Waals surface area contributed by atoms with Crippen molar-refractivity contribution in [2.75, 3.05) is 48.4 Å². The van der Waals surface area contributed by atoms with Crippen molar-refractivity contribution in [2.24, 2.45) is 5.92 Å². The number of carbonyl (C=O) groups is 2. The molecule has 1 heterocycles. The van der Waals surface area contributed by atoms with Crippen LogP contribution in [-0.4, -0.2) is 75.5 Å². The highest BCUT2D eigenvalue weighted by molar-refractivity contribution is 7.91. The second-order valence-electron chi connectivity index (χ2n) is 11.0. The van der Waals surface area contributed by atoms with Gasteiger partial charge in [0.2, 0.25) is 5.91 Å². The lowest BCUT2D eigenvalue weighted by Crippen LogP contribution is -2.54. The fourth-order valence-corrected chi connectivity index (χ4v) is 5.63. The molecule has 8 nitrogen and oxygen atoms in total. The van der Waals surface area contributed by atoms with Crippen LogP contribution in [0.4, 0.5) is 33.3 Å². The lowest BCUT2D eigenvalue weighted by atomic mass is 9.99. The second-order valence-corrected chi connectivity index (χ2v) is 13.6. The van der Waals surface area contributed by atoms with Crippen molar-refractivity contribution in [3.63, 3.8) is 0 Å². The monoisotopic (exact) mass is 652 g/mol. The number of halogens is 6. The Labute approximate surface area is 252 Å². The summed E-state index contributed by atoms with van der Waals surface area (Å²) in [6.45, 7) is 4.39. The Bertz CT molecular complexity index is 1440. The Morgan fingerprint density at radius 1 is 1.09 bits per heavy atom. The summed E-state index contributed by atoms with van der Waals surface area (Å²) in [6, 6.07) is 6.55. The zero-order valence-corrected chi connectivity index (χ0v) is 25.5. The van der Waals surface area contributed by atoms with Crippen molar-refractivity contribution in [1.29, 1.82) is 0 Å². The van der Waals surface area contributed by atoms with Gasteiger partial charge in [-0.2, -0.15) is 13.2 Å². The molecular formula is C28H34ClF5N4O4S. The number of nitrogens with one attached hydrogen (secondary N) is 2. The number of alkyl halides is 3. The van der Waals surface area contributed by atoms with Crippen molar-refractivity contribution in [3.05, 3.63) is 58.1 Å². The highest BCUT2D eigenvalue weighted by Crippen LogP contribution is 2.33. The van der Waals surface area contributed by atoms with E-state index in [1.54, 1.807) is 6.07 Å². The van der Waals surface area contributed by atoms with E-state index < -0.39 is 63.7 Å². The zero-order chi connectivity index (χ0) is 32.1. The van der Waals surface area contributed by atoms with E-state index in [2.05, 4.69) is 10.6 Å². The summed E-state index contributed by atoms with van der Waals surface area (Å²) in [4.78, 5) is 28.5. The molecule has 0 bridgehead atoms. The molecule has 1 fully saturated rings. The summed E-state index contributed by atoms with van der Waals surface area (Å²) in [7, 11) is -3.62. The molecule has 1 saturated heterocycles. The summed E-state index contributed by atoms with van der Waals surface area (Å²) in [6.07, 6.45) is -3.70. The van der Waals surface area contributed by atoms with Crippen molar-refractivity contribution >= 4 is 44.6 Å². The number of hydrogen-bond acceptors (Lipinski definition) is 6. The van der Waals surface area contributed by atoms with Crippen LogP contribution in [0.2, 0.25) is 5.02 Å². The van der Waals surface area contributed by atoms with Crippen LogP contribution in [-0.2, 0) is 21.2 Å². The van der Waals surface area contributed by atoms with Gasteiger partial charge in [0.1, 0.15) is 5.75 Å². The molecule has 1 aliphatic rings. The molecule has 3 rings (SSSR count). The standard InChI is InChI=1S/C28H34ClF5N4O4S/c1-17(2)12-20-15-38(11-10-37(20)9-8-28(32,33)34)23-13-19(29)5-7-22(23)36-27(40)21-6-4-18(25(30)26(21)31)14-35-24(39)16-43(3,41)42/h4-7,13,17,20H,8-12,14-16H2,1-3H3,(H,35,39)(H,36,40)/t20-/m0/s1. The number of rotatable bonds is 11. The smallest absolute Gasteiger partial charge is 0.367 e. The van der Waals surface area contributed by atoms with E-state index in [0.29, 0.717) is 36.8 Å². The minimum atomic E-state index is -4.27. The van der Waals surface area contributed by atoms with E-state index in [1.165, 1.54) is 12.1 Å². The molecule has 2 aromatic rings. The average Bonchev–Trinajstić information content (AvgIpc) is 2.88. The summed E-state index contributed by atoms with van der Waals surface area (Å²) in [5.41, 5.74) is -0.170. The molecule has 43 heavy (non-hydrogen) atoms. The number of hydrogen-bond donors (Lipinski definition) is 2. The summed E-state index contributed by atoms with van der Waals surface area (Å²) < 4.78 is 90.9. The first-order valence-electron chi connectivity index (χ1n) is 13.5. The maximum atomic E-state index is 14.9. The van der Waals surface area contributed by atoms with Crippen molar-refractivity contribution in [2.45, 2.75) is 45.5 Å². The van der Waals surface area contributed by atoms with Crippen LogP contribution < -0.4 is 15.5 Å². The molecule has 1 aliphatic heterocycles. The minimum absolute atomic E-state index is 0.129. The van der Waals surface area contributed by atoms with Gasteiger partial charge >= 0.3 is 6.18 Å². The predicted octanol–water partition coefficient (Wildman–Crippen LogP) is 5.02. The lowest BCUT2D eigenvalue weighted by molar-refractivity contribution is -0.139. The predicted molar refractivity (Wildman–Crippen MR) is 155 cm³/mol. The topological polar surface area (TPSA) is 98.8 Å². The molecule has 0 saturated carbocycles. The molecule has 238 valence electrons. The first-order chi connectivity index (χ1) is 19.9. The number of piperazine rings is 1. The third kappa shape index (κ3) is 10.3. The van der Waals surface area contributed by atoms with E-state index in [-0.39, 0.29) is 29.8 Å². The number of benzene rings is 2. The molecule has 15 heteroatoms. The third-order valence-corrected chi connectivity index (χ3v) is 7.88. The van der Waals surface area contributed by atoms with Crippen molar-refractivity contribution in [1.82, 2.24) is 10.2 Å². The Kier molecular flexibility index (Phi) is 11.4. The van der Waals surface area contributed by atoms with Crippen LogP contribution in [0.15, 0.2) is 30.3 Å². The number of carbonyl (C=O) groups excluding carboxylic acids is 2. The highest BCUT2D eigenvalue weighted by atomic mass is 35.5. The molecule has 0 spiro atoms. The Morgan fingerprint density at radius 2 is 1.79 bits per heavy atom. The van der Waals surface area contributed by atoms with Crippen LogP contribution in [0, 0.1) is 17.6 Å². The quantitative estimate of drug-likeness (QED) is 0.331. The number of amides is 2. The fraction of sp³-hybridized carbons (Fsp3) is 0.500. The highest BCUT2D eigenvalue weighted by Gasteiger charge is 2.33. The van der Waals surface area contributed by atoms with E-state index in [4.69, 9.17) is 11.6 Å². The lowest BCUT2D eigenvalue weighted by Gasteiger charge is -2.43. The molecule has 1 atom stereocenters. The maximum Gasteiger partial charge on any atom is 0.390 e. The Morgan fingerprint density at radius 3 is 2.42 bits per heavy atom. The van der Waals surface area contributed by atoms with Gasteiger partial charge in [-0.3, -0.25) is 14.5 Å². The van der Waals surface area contributed by atoms with Gasteiger partial charge in [-0.25, -0.2) is 17.2 Å². The Balaban J connectivity index is 1.78. The normalized spacial score (nSPS) is 16.4. The number of anilines is 2.